The lowest BCUT2D eigenvalue weighted by Gasteiger charge is -2.19. The molecule has 4 rings (SSSR count). The van der Waals surface area contributed by atoms with Crippen molar-refractivity contribution in [2.24, 2.45) is 5.10 Å². The zero-order chi connectivity index (χ0) is 21.1. The second-order valence-electron chi connectivity index (χ2n) is 6.47. The van der Waals surface area contributed by atoms with E-state index in [1.165, 1.54) is 29.6 Å². The van der Waals surface area contributed by atoms with Gasteiger partial charge in [-0.3, -0.25) is 4.79 Å². The van der Waals surface area contributed by atoms with Crippen molar-refractivity contribution < 1.29 is 18.7 Å². The fourth-order valence-electron chi connectivity index (χ4n) is 3.03. The lowest BCUT2D eigenvalue weighted by atomic mass is 10.0. The van der Waals surface area contributed by atoms with Crippen LogP contribution in [-0.4, -0.2) is 34.2 Å². The maximum atomic E-state index is 12.8. The number of ether oxygens (including phenoxy) is 1. The van der Waals surface area contributed by atoms with Crippen molar-refractivity contribution in [2.75, 3.05) is 6.61 Å². The molecule has 9 heteroatoms. The molecule has 1 amide bonds. The molecule has 2 aromatic heterocycles. The minimum atomic E-state index is -0.678. The summed E-state index contributed by atoms with van der Waals surface area (Å²) in [5.41, 5.74) is 1.74. The van der Waals surface area contributed by atoms with Crippen molar-refractivity contribution in [3.05, 3.63) is 88.1 Å². The second-order valence-corrected chi connectivity index (χ2v) is 7.30. The van der Waals surface area contributed by atoms with Crippen LogP contribution in [0.25, 0.3) is 0 Å². The van der Waals surface area contributed by atoms with Gasteiger partial charge in [0.05, 0.1) is 17.5 Å². The highest BCUT2D eigenvalue weighted by Crippen LogP contribution is 2.33. The highest BCUT2D eigenvalue weighted by Gasteiger charge is 2.35. The Morgan fingerprint density at radius 1 is 1.13 bits per heavy atom. The van der Waals surface area contributed by atoms with E-state index in [0.29, 0.717) is 22.9 Å². The first-order valence-electron chi connectivity index (χ1n) is 8.99. The standard InChI is InChI=1S/C21H15Cl2N3O4/c22-15-6-3-13(4-7-15)16-10-17(18-2-1-9-29-18)26(25-16)20(27)12-30-21(28)14-5-8-19(23)24-11-14/h1-9,11,17H,10,12H2. The molecule has 7 nitrogen and oxygen atoms in total. The average molecular weight is 444 g/mol. The molecule has 3 aromatic rings. The lowest BCUT2D eigenvalue weighted by molar-refractivity contribution is -0.136. The highest BCUT2D eigenvalue weighted by atomic mass is 35.5. The Hall–Kier alpha value is -3.16. The van der Waals surface area contributed by atoms with E-state index in [1.807, 2.05) is 12.1 Å². The van der Waals surface area contributed by atoms with E-state index >= 15 is 0 Å². The number of halogens is 2. The van der Waals surface area contributed by atoms with E-state index < -0.39 is 24.5 Å². The molecule has 0 fully saturated rings. The molecular formula is C21H15Cl2N3O4. The Bertz CT molecular complexity index is 1080. The van der Waals surface area contributed by atoms with Crippen molar-refractivity contribution in [1.82, 2.24) is 9.99 Å². The van der Waals surface area contributed by atoms with Crippen LogP contribution in [0.1, 0.15) is 34.1 Å². The average Bonchev–Trinajstić information content (AvgIpc) is 3.43. The zero-order valence-electron chi connectivity index (χ0n) is 15.5. The summed E-state index contributed by atoms with van der Waals surface area (Å²) in [6.07, 6.45) is 3.27. The SMILES string of the molecule is O=C(OCC(=O)N1N=C(c2ccc(Cl)cc2)CC1c1ccco1)c1ccc(Cl)nc1. The monoisotopic (exact) mass is 443 g/mol. The van der Waals surface area contributed by atoms with Crippen LogP contribution in [-0.2, 0) is 9.53 Å². The fourth-order valence-corrected chi connectivity index (χ4v) is 3.27. The number of carbonyl (C=O) groups excluding carboxylic acids is 2. The van der Waals surface area contributed by atoms with E-state index in [9.17, 15) is 9.59 Å². The van der Waals surface area contributed by atoms with E-state index in [1.54, 1.807) is 24.3 Å². The third-order valence-electron chi connectivity index (χ3n) is 4.50. The summed E-state index contributed by atoms with van der Waals surface area (Å²) >= 11 is 11.7. The summed E-state index contributed by atoms with van der Waals surface area (Å²) in [6.45, 7) is -0.476. The molecular weight excluding hydrogens is 429 g/mol. The molecule has 1 aromatic carbocycles. The van der Waals surface area contributed by atoms with Gasteiger partial charge in [0.15, 0.2) is 6.61 Å². The maximum Gasteiger partial charge on any atom is 0.340 e. The molecule has 1 aliphatic rings. The summed E-state index contributed by atoms with van der Waals surface area (Å²) in [4.78, 5) is 28.8. The predicted molar refractivity (Wildman–Crippen MR) is 110 cm³/mol. The van der Waals surface area contributed by atoms with E-state index in [0.717, 1.165) is 5.56 Å². The van der Waals surface area contributed by atoms with Gasteiger partial charge >= 0.3 is 5.97 Å². The Morgan fingerprint density at radius 3 is 2.60 bits per heavy atom. The Balaban J connectivity index is 1.50. The number of carbonyl (C=O) groups is 2. The molecule has 0 bridgehead atoms. The molecule has 1 atom stereocenters. The highest BCUT2D eigenvalue weighted by molar-refractivity contribution is 6.30. The van der Waals surface area contributed by atoms with Crippen molar-refractivity contribution in [3.8, 4) is 0 Å². The topological polar surface area (TPSA) is 85.0 Å². The van der Waals surface area contributed by atoms with Crippen molar-refractivity contribution in [2.45, 2.75) is 12.5 Å². The number of benzene rings is 1. The molecule has 0 saturated heterocycles. The van der Waals surface area contributed by atoms with Crippen LogP contribution in [0, 0.1) is 0 Å². The van der Waals surface area contributed by atoms with Crippen LogP contribution in [0.15, 0.2) is 70.5 Å². The normalized spacial score (nSPS) is 15.7. The smallest absolute Gasteiger partial charge is 0.340 e. The zero-order valence-corrected chi connectivity index (χ0v) is 17.0. The third kappa shape index (κ3) is 4.37. The second kappa shape index (κ2) is 8.69. The number of hydrazone groups is 1. The first-order valence-corrected chi connectivity index (χ1v) is 9.74. The number of furan rings is 1. The van der Waals surface area contributed by atoms with Gasteiger partial charge in [-0.25, -0.2) is 14.8 Å². The quantitative estimate of drug-likeness (QED) is 0.427. The number of nitrogens with zero attached hydrogens (tertiary/aromatic N) is 3. The largest absolute Gasteiger partial charge is 0.467 e. The number of pyridine rings is 1. The third-order valence-corrected chi connectivity index (χ3v) is 4.98. The van der Waals surface area contributed by atoms with E-state index in [2.05, 4.69) is 10.1 Å². The molecule has 1 aliphatic heterocycles. The molecule has 1 unspecified atom stereocenters. The van der Waals surface area contributed by atoms with Gasteiger partial charge in [0.2, 0.25) is 0 Å². The van der Waals surface area contributed by atoms with E-state index in [4.69, 9.17) is 32.4 Å². The van der Waals surface area contributed by atoms with Crippen LogP contribution in [0.4, 0.5) is 0 Å². The molecule has 0 N–H and O–H groups in total. The number of hydrogen-bond donors (Lipinski definition) is 0. The van der Waals surface area contributed by atoms with Gasteiger partial charge in [-0.05, 0) is 42.0 Å². The summed E-state index contributed by atoms with van der Waals surface area (Å²) in [5, 5.41) is 6.61. The van der Waals surface area contributed by atoms with E-state index in [-0.39, 0.29) is 10.7 Å². The fraction of sp³-hybridized carbons (Fsp3) is 0.143. The number of esters is 1. The molecule has 152 valence electrons. The van der Waals surface area contributed by atoms with Gasteiger partial charge in [-0.1, -0.05) is 35.3 Å². The molecule has 0 radical (unpaired) electrons. The predicted octanol–water partition coefficient (Wildman–Crippen LogP) is 4.52. The minimum Gasteiger partial charge on any atom is -0.467 e. The van der Waals surface area contributed by atoms with Crippen LogP contribution < -0.4 is 0 Å². The molecule has 0 spiro atoms. The molecule has 3 heterocycles. The minimum absolute atomic E-state index is 0.196. The number of amides is 1. The Morgan fingerprint density at radius 2 is 1.93 bits per heavy atom. The molecule has 0 aliphatic carbocycles. The van der Waals surface area contributed by atoms with Gasteiger partial charge in [0.1, 0.15) is 17.0 Å². The van der Waals surface area contributed by atoms with Gasteiger partial charge < -0.3 is 9.15 Å². The molecule has 30 heavy (non-hydrogen) atoms. The summed E-state index contributed by atoms with van der Waals surface area (Å²) in [7, 11) is 0. The van der Waals surface area contributed by atoms with Gasteiger partial charge in [0, 0.05) is 17.6 Å². The van der Waals surface area contributed by atoms with Crippen molar-refractivity contribution >= 4 is 40.8 Å². The van der Waals surface area contributed by atoms with Crippen molar-refractivity contribution in [1.29, 1.82) is 0 Å². The van der Waals surface area contributed by atoms with Gasteiger partial charge in [0.25, 0.3) is 5.91 Å². The Labute approximate surface area is 181 Å². The number of hydrogen-bond acceptors (Lipinski definition) is 6. The summed E-state index contributed by atoms with van der Waals surface area (Å²) in [6, 6.07) is 13.2. The van der Waals surface area contributed by atoms with Gasteiger partial charge in [-0.2, -0.15) is 5.10 Å². The van der Waals surface area contributed by atoms with Crippen LogP contribution in [0.2, 0.25) is 10.2 Å². The van der Waals surface area contributed by atoms with Crippen LogP contribution in [0.3, 0.4) is 0 Å². The first kappa shape index (κ1) is 20.1. The lowest BCUT2D eigenvalue weighted by Crippen LogP contribution is -2.31. The van der Waals surface area contributed by atoms with Crippen molar-refractivity contribution in [3.63, 3.8) is 0 Å². The van der Waals surface area contributed by atoms with Crippen LogP contribution >= 0.6 is 23.2 Å². The maximum absolute atomic E-state index is 12.8. The molecule has 0 saturated carbocycles. The van der Waals surface area contributed by atoms with Crippen LogP contribution in [0.5, 0.6) is 0 Å². The Kier molecular flexibility index (Phi) is 5.83. The summed E-state index contributed by atoms with van der Waals surface area (Å²) < 4.78 is 10.6. The summed E-state index contributed by atoms with van der Waals surface area (Å²) in [5.74, 6) is -0.567. The first-order chi connectivity index (χ1) is 14.5. The van der Waals surface area contributed by atoms with Gasteiger partial charge in [-0.15, -0.1) is 0 Å². The number of aromatic nitrogens is 1. The number of rotatable bonds is 5.